The highest BCUT2D eigenvalue weighted by Gasteiger charge is 2.29. The van der Waals surface area contributed by atoms with Gasteiger partial charge in [0.05, 0.1) is 0 Å². The number of ether oxygens (including phenoxy) is 2. The maximum atomic E-state index is 13.5. The number of hydrogen-bond acceptors (Lipinski definition) is 3. The maximum Gasteiger partial charge on any atom is 0.231 e. The Hall–Kier alpha value is -2.56. The number of benzene rings is 2. The molecule has 1 amide bonds. The largest absolute Gasteiger partial charge is 0.454 e. The van der Waals surface area contributed by atoms with E-state index in [-0.39, 0.29) is 30.9 Å². The summed E-state index contributed by atoms with van der Waals surface area (Å²) in [6.07, 6.45) is 0.288. The van der Waals surface area contributed by atoms with Crippen LogP contribution in [0.3, 0.4) is 0 Å². The molecule has 5 heteroatoms. The van der Waals surface area contributed by atoms with Crippen molar-refractivity contribution in [3.63, 3.8) is 0 Å². The molecule has 0 spiro atoms. The van der Waals surface area contributed by atoms with Gasteiger partial charge < -0.3 is 14.8 Å². The molecule has 2 aromatic rings. The lowest BCUT2D eigenvalue weighted by Gasteiger charge is -2.26. The zero-order valence-corrected chi connectivity index (χ0v) is 11.1. The van der Waals surface area contributed by atoms with Gasteiger partial charge in [-0.2, -0.15) is 0 Å². The lowest BCUT2D eigenvalue weighted by molar-refractivity contribution is -0.116. The Kier molecular flexibility index (Phi) is 2.60. The molecule has 0 radical (unpaired) electrons. The summed E-state index contributed by atoms with van der Waals surface area (Å²) in [5, 5.41) is 2.84. The molecular weight excluding hydrogens is 273 g/mol. The molecule has 1 N–H and O–H groups in total. The second kappa shape index (κ2) is 4.48. The van der Waals surface area contributed by atoms with E-state index in [1.807, 2.05) is 12.1 Å². The van der Waals surface area contributed by atoms with Crippen molar-refractivity contribution in [1.29, 1.82) is 0 Å². The minimum absolute atomic E-state index is 0.0874. The van der Waals surface area contributed by atoms with Crippen LogP contribution in [0.2, 0.25) is 0 Å². The molecule has 2 aromatic carbocycles. The van der Waals surface area contributed by atoms with Gasteiger partial charge in [-0.3, -0.25) is 4.79 Å². The summed E-state index contributed by atoms with van der Waals surface area (Å²) >= 11 is 0. The van der Waals surface area contributed by atoms with Crippen LogP contribution in [-0.4, -0.2) is 12.7 Å². The quantitative estimate of drug-likeness (QED) is 0.876. The summed E-state index contributed by atoms with van der Waals surface area (Å²) in [5.74, 6) is 0.704. The van der Waals surface area contributed by atoms with E-state index in [1.54, 1.807) is 12.1 Å². The minimum Gasteiger partial charge on any atom is -0.454 e. The average Bonchev–Trinajstić information content (AvgIpc) is 2.91. The predicted octanol–water partition coefficient (Wildman–Crippen LogP) is 3.03. The standard InChI is InChI=1S/C16H12FNO3/c17-10-3-1-2-9(4-10)11-6-16(19)18-13-7-15-14(5-12(11)13)20-8-21-15/h1-5,7,11H,6,8H2,(H,18,19)/t11-/m0/s1. The van der Waals surface area contributed by atoms with E-state index in [2.05, 4.69) is 5.32 Å². The van der Waals surface area contributed by atoms with E-state index in [0.29, 0.717) is 17.2 Å². The van der Waals surface area contributed by atoms with Crippen molar-refractivity contribution in [3.8, 4) is 11.5 Å². The molecule has 0 saturated heterocycles. The van der Waals surface area contributed by atoms with Crippen molar-refractivity contribution in [2.24, 2.45) is 0 Å². The van der Waals surface area contributed by atoms with Crippen molar-refractivity contribution in [1.82, 2.24) is 0 Å². The number of halogens is 1. The molecule has 0 unspecified atom stereocenters. The molecule has 0 fully saturated rings. The van der Waals surface area contributed by atoms with Gasteiger partial charge in [-0.15, -0.1) is 0 Å². The number of rotatable bonds is 1. The fraction of sp³-hybridized carbons (Fsp3) is 0.188. The molecule has 1 atom stereocenters. The number of carbonyl (C=O) groups excluding carboxylic acids is 1. The van der Waals surface area contributed by atoms with Gasteiger partial charge in [0.25, 0.3) is 0 Å². The molecule has 106 valence electrons. The monoisotopic (exact) mass is 285 g/mol. The number of anilines is 1. The molecule has 21 heavy (non-hydrogen) atoms. The summed E-state index contributed by atoms with van der Waals surface area (Å²) in [5.41, 5.74) is 2.40. The first-order chi connectivity index (χ1) is 10.2. The second-order valence-electron chi connectivity index (χ2n) is 5.15. The van der Waals surface area contributed by atoms with Gasteiger partial charge in [0.1, 0.15) is 5.82 Å². The van der Waals surface area contributed by atoms with Crippen LogP contribution >= 0.6 is 0 Å². The van der Waals surface area contributed by atoms with Crippen LogP contribution in [0.4, 0.5) is 10.1 Å². The number of hydrogen-bond donors (Lipinski definition) is 1. The van der Waals surface area contributed by atoms with E-state index >= 15 is 0 Å². The van der Waals surface area contributed by atoms with Crippen molar-refractivity contribution in [2.75, 3.05) is 12.1 Å². The van der Waals surface area contributed by atoms with E-state index < -0.39 is 0 Å². The zero-order chi connectivity index (χ0) is 14.4. The second-order valence-corrected chi connectivity index (χ2v) is 5.15. The maximum absolute atomic E-state index is 13.5. The number of carbonyl (C=O) groups is 1. The van der Waals surface area contributed by atoms with Gasteiger partial charge in [-0.05, 0) is 29.3 Å². The Balaban J connectivity index is 1.85. The van der Waals surface area contributed by atoms with E-state index in [4.69, 9.17) is 9.47 Å². The molecule has 2 aliphatic rings. The first-order valence-corrected chi connectivity index (χ1v) is 6.69. The number of nitrogens with one attached hydrogen (secondary N) is 1. The summed E-state index contributed by atoms with van der Waals surface area (Å²) in [4.78, 5) is 11.9. The smallest absolute Gasteiger partial charge is 0.231 e. The summed E-state index contributed by atoms with van der Waals surface area (Å²) in [6.45, 7) is 0.177. The van der Waals surface area contributed by atoms with Crippen molar-refractivity contribution >= 4 is 11.6 Å². The van der Waals surface area contributed by atoms with E-state index in [9.17, 15) is 9.18 Å². The lowest BCUT2D eigenvalue weighted by Crippen LogP contribution is -2.23. The lowest BCUT2D eigenvalue weighted by atomic mass is 9.84. The van der Waals surface area contributed by atoms with Crippen molar-refractivity contribution < 1.29 is 18.7 Å². The number of fused-ring (bicyclic) bond motifs is 2. The topological polar surface area (TPSA) is 47.6 Å². The normalized spacial score (nSPS) is 19.1. The Morgan fingerprint density at radius 2 is 1.95 bits per heavy atom. The average molecular weight is 285 g/mol. The summed E-state index contributed by atoms with van der Waals surface area (Å²) in [6, 6.07) is 9.99. The fourth-order valence-electron chi connectivity index (χ4n) is 2.87. The minimum atomic E-state index is -0.305. The Morgan fingerprint density at radius 3 is 2.76 bits per heavy atom. The molecule has 0 aromatic heterocycles. The molecular formula is C16H12FNO3. The highest BCUT2D eigenvalue weighted by molar-refractivity contribution is 5.96. The van der Waals surface area contributed by atoms with Crippen LogP contribution in [0.15, 0.2) is 36.4 Å². The Labute approximate surface area is 120 Å². The molecule has 4 rings (SSSR count). The zero-order valence-electron chi connectivity index (χ0n) is 11.1. The van der Waals surface area contributed by atoms with Gasteiger partial charge in [-0.1, -0.05) is 12.1 Å². The first-order valence-electron chi connectivity index (χ1n) is 6.69. The third kappa shape index (κ3) is 2.01. The van der Waals surface area contributed by atoms with Crippen LogP contribution in [0, 0.1) is 5.82 Å². The highest BCUT2D eigenvalue weighted by Crippen LogP contribution is 2.44. The number of amides is 1. The van der Waals surface area contributed by atoms with Gasteiger partial charge in [-0.25, -0.2) is 4.39 Å². The van der Waals surface area contributed by atoms with Crippen LogP contribution in [-0.2, 0) is 4.79 Å². The summed E-state index contributed by atoms with van der Waals surface area (Å²) < 4.78 is 24.2. The third-order valence-electron chi connectivity index (χ3n) is 3.83. The van der Waals surface area contributed by atoms with Gasteiger partial charge in [0.2, 0.25) is 12.7 Å². The summed E-state index contributed by atoms with van der Waals surface area (Å²) in [7, 11) is 0. The van der Waals surface area contributed by atoms with Crippen molar-refractivity contribution in [3.05, 3.63) is 53.3 Å². The van der Waals surface area contributed by atoms with Gasteiger partial charge in [0, 0.05) is 24.1 Å². The molecule has 0 bridgehead atoms. The van der Waals surface area contributed by atoms with Gasteiger partial charge >= 0.3 is 0 Å². The SMILES string of the molecule is O=C1C[C@@H](c2cccc(F)c2)c2cc3c(cc2N1)OCO3. The van der Waals surface area contributed by atoms with Gasteiger partial charge in [0.15, 0.2) is 11.5 Å². The molecule has 0 aliphatic carbocycles. The third-order valence-corrected chi connectivity index (χ3v) is 3.83. The van der Waals surface area contributed by atoms with E-state index in [1.165, 1.54) is 12.1 Å². The fourth-order valence-corrected chi connectivity index (χ4v) is 2.87. The van der Waals surface area contributed by atoms with Crippen LogP contribution in [0.5, 0.6) is 11.5 Å². The Bertz CT molecular complexity index is 744. The highest BCUT2D eigenvalue weighted by atomic mass is 19.1. The molecule has 2 aliphatic heterocycles. The van der Waals surface area contributed by atoms with E-state index in [0.717, 1.165) is 11.1 Å². The molecule has 0 saturated carbocycles. The first kappa shape index (κ1) is 12.2. The Morgan fingerprint density at radius 1 is 1.14 bits per heavy atom. The van der Waals surface area contributed by atoms with Crippen LogP contribution in [0.25, 0.3) is 0 Å². The molecule has 4 nitrogen and oxygen atoms in total. The predicted molar refractivity (Wildman–Crippen MR) is 74.1 cm³/mol. The van der Waals surface area contributed by atoms with Crippen LogP contribution < -0.4 is 14.8 Å². The van der Waals surface area contributed by atoms with Crippen molar-refractivity contribution in [2.45, 2.75) is 12.3 Å². The molecule has 2 heterocycles. The van der Waals surface area contributed by atoms with Crippen LogP contribution in [0.1, 0.15) is 23.5 Å².